The molecule has 2 aliphatic heterocycles. The van der Waals surface area contributed by atoms with E-state index < -0.39 is 90.7 Å². The molecule has 15 heteroatoms. The highest BCUT2D eigenvalue weighted by atomic mass is 16.7. The lowest BCUT2D eigenvalue weighted by atomic mass is 9.89. The number of carbonyl (C=O) groups excluding carboxylic acids is 1. The first-order valence-corrected chi connectivity index (χ1v) is 13.6. The number of hydrogen-bond acceptors (Lipinski definition) is 15. The molecule has 8 N–H and O–H groups in total. The molecule has 5 rings (SSSR count). The zero-order chi connectivity index (χ0) is 32.0. The van der Waals surface area contributed by atoms with E-state index in [4.69, 9.17) is 23.4 Å². The lowest BCUT2D eigenvalue weighted by molar-refractivity contribution is -0.268. The first-order chi connectivity index (χ1) is 20.8. The molecule has 15 nitrogen and oxygen atoms in total. The van der Waals surface area contributed by atoms with Gasteiger partial charge in [0, 0.05) is 24.6 Å². The quantitative estimate of drug-likeness (QED) is 0.157. The van der Waals surface area contributed by atoms with Gasteiger partial charge in [0.2, 0.25) is 6.29 Å². The van der Waals surface area contributed by atoms with Gasteiger partial charge < -0.3 is 64.2 Å². The van der Waals surface area contributed by atoms with Gasteiger partial charge in [-0.2, -0.15) is 0 Å². The number of aliphatic hydroxyl groups excluding tert-OH is 6. The Hall–Kier alpha value is -3.80. The third-order valence-electron chi connectivity index (χ3n) is 7.64. The van der Waals surface area contributed by atoms with Crippen LogP contribution < -0.4 is 10.2 Å². The molecule has 0 aliphatic carbocycles. The van der Waals surface area contributed by atoms with E-state index in [1.54, 1.807) is 0 Å². The van der Waals surface area contributed by atoms with Crippen LogP contribution in [0.4, 0.5) is 0 Å². The van der Waals surface area contributed by atoms with Crippen LogP contribution in [-0.4, -0.2) is 109 Å². The molecule has 2 aromatic carbocycles. The molecule has 0 amide bonds. The summed E-state index contributed by atoms with van der Waals surface area (Å²) in [5.41, 5.74) is -1.12. The van der Waals surface area contributed by atoms with Crippen LogP contribution in [0.3, 0.4) is 0 Å². The number of benzene rings is 2. The summed E-state index contributed by atoms with van der Waals surface area (Å²) in [4.78, 5) is 24.5. The van der Waals surface area contributed by atoms with E-state index in [1.165, 1.54) is 31.2 Å². The predicted octanol–water partition coefficient (Wildman–Crippen LogP) is -0.837. The fourth-order valence-corrected chi connectivity index (χ4v) is 5.21. The highest BCUT2D eigenvalue weighted by Gasteiger charge is 2.47. The van der Waals surface area contributed by atoms with Crippen molar-refractivity contribution in [1.29, 1.82) is 0 Å². The number of carbonyl (C=O) groups is 1. The van der Waals surface area contributed by atoms with Gasteiger partial charge in [-0.15, -0.1) is 0 Å². The van der Waals surface area contributed by atoms with Crippen molar-refractivity contribution >= 4 is 16.9 Å². The average Bonchev–Trinajstić information content (AvgIpc) is 2.97. The molecule has 0 saturated carbocycles. The van der Waals surface area contributed by atoms with Gasteiger partial charge in [-0.05, 0) is 31.2 Å². The molecule has 0 radical (unpaired) electrons. The van der Waals surface area contributed by atoms with Crippen LogP contribution in [0.25, 0.3) is 22.3 Å². The van der Waals surface area contributed by atoms with Gasteiger partial charge in [0.05, 0.1) is 11.7 Å². The Kier molecular flexibility index (Phi) is 8.84. The van der Waals surface area contributed by atoms with Crippen molar-refractivity contribution in [2.24, 2.45) is 0 Å². The van der Waals surface area contributed by atoms with Crippen molar-refractivity contribution in [1.82, 2.24) is 0 Å². The van der Waals surface area contributed by atoms with E-state index in [2.05, 4.69) is 0 Å². The second-order valence-corrected chi connectivity index (χ2v) is 10.7. The number of fused-ring (bicyclic) bond motifs is 1. The molecule has 238 valence electrons. The zero-order valence-electron chi connectivity index (χ0n) is 23.4. The second-order valence-electron chi connectivity index (χ2n) is 10.7. The van der Waals surface area contributed by atoms with E-state index in [9.17, 15) is 50.4 Å². The van der Waals surface area contributed by atoms with Gasteiger partial charge in [0.15, 0.2) is 11.0 Å². The molecule has 2 aliphatic rings. The van der Waals surface area contributed by atoms with Crippen molar-refractivity contribution in [2.45, 2.75) is 75.1 Å². The van der Waals surface area contributed by atoms with Crippen LogP contribution in [0.2, 0.25) is 0 Å². The minimum absolute atomic E-state index is 0.0521. The molecular formula is C29H32O15. The van der Waals surface area contributed by atoms with Crippen molar-refractivity contribution in [3.8, 4) is 28.6 Å². The first-order valence-electron chi connectivity index (χ1n) is 13.6. The monoisotopic (exact) mass is 620 g/mol. The normalized spacial score (nSPS) is 32.4. The van der Waals surface area contributed by atoms with Gasteiger partial charge >= 0.3 is 5.97 Å². The highest BCUT2D eigenvalue weighted by molar-refractivity contribution is 5.89. The van der Waals surface area contributed by atoms with Gasteiger partial charge in [0.25, 0.3) is 0 Å². The maximum atomic E-state index is 13.2. The number of ether oxygens (including phenoxy) is 4. The molecule has 3 aromatic rings. The minimum Gasteiger partial charge on any atom is -0.507 e. The number of phenols is 2. The van der Waals surface area contributed by atoms with Crippen molar-refractivity contribution in [3.05, 3.63) is 52.2 Å². The van der Waals surface area contributed by atoms with E-state index in [-0.39, 0.29) is 28.0 Å². The van der Waals surface area contributed by atoms with Crippen LogP contribution >= 0.6 is 0 Å². The lowest BCUT2D eigenvalue weighted by Crippen LogP contribution is -2.58. The largest absolute Gasteiger partial charge is 0.507 e. The van der Waals surface area contributed by atoms with Crippen LogP contribution in [0.1, 0.15) is 25.5 Å². The van der Waals surface area contributed by atoms with Crippen LogP contribution in [0.15, 0.2) is 45.6 Å². The zero-order valence-corrected chi connectivity index (χ0v) is 23.4. The highest BCUT2D eigenvalue weighted by Crippen LogP contribution is 2.44. The number of phenolic OH excluding ortho intramolecular Hbond substituents is 2. The molecule has 0 unspecified atom stereocenters. The second kappa shape index (κ2) is 12.3. The summed E-state index contributed by atoms with van der Waals surface area (Å²) in [6.45, 7) is 2.12. The number of rotatable bonds is 6. The Balaban J connectivity index is 1.50. The molecule has 0 bridgehead atoms. The SMILES string of the molecule is CC(=O)OC[C@H]1O[C@H](c2c(O)cc(O)c3c(=O)cc(-c4ccc(O[C@H]5O[C@@H](C)[C@H](O)[C@H](O)[C@@H]5O)cc4)oc23)[C@@H](O)[C@H](O)[C@H]1O. The first kappa shape index (κ1) is 31.6. The summed E-state index contributed by atoms with van der Waals surface area (Å²) in [6, 6.07) is 7.77. The van der Waals surface area contributed by atoms with Gasteiger partial charge in [-0.1, -0.05) is 0 Å². The van der Waals surface area contributed by atoms with Crippen LogP contribution in [0, 0.1) is 0 Å². The van der Waals surface area contributed by atoms with Crippen molar-refractivity contribution in [3.63, 3.8) is 0 Å². The summed E-state index contributed by atoms with van der Waals surface area (Å²) in [5, 5.41) is 82.7. The predicted molar refractivity (Wildman–Crippen MR) is 147 cm³/mol. The van der Waals surface area contributed by atoms with Gasteiger partial charge in [-0.25, -0.2) is 0 Å². The fraction of sp³-hybridized carbons (Fsp3) is 0.448. The number of esters is 1. The van der Waals surface area contributed by atoms with E-state index in [1.807, 2.05) is 0 Å². The summed E-state index contributed by atoms with van der Waals surface area (Å²) in [6.07, 6.45) is -14.7. The summed E-state index contributed by atoms with van der Waals surface area (Å²) in [5.74, 6) is -1.86. The number of hydrogen-bond donors (Lipinski definition) is 8. The van der Waals surface area contributed by atoms with Crippen molar-refractivity contribution < 1.29 is 69.0 Å². The molecule has 0 spiro atoms. The standard InChI is InChI=1S/C29H32O15/c1-10-21(34)23(36)26(39)29(41-10)42-13-5-3-12(4-6-13)17-8-16(33)19-14(31)7-15(32)20(27(19)43-17)28-25(38)24(37)22(35)18(44-28)9-40-11(2)30/h3-8,10,18,21-26,28-29,31-32,34-39H,9H2,1-2H3/t10-,18+,21-,22-,23-,24+,25-,26-,28+,29+/m0/s1. The third-order valence-corrected chi connectivity index (χ3v) is 7.64. The molecule has 3 heterocycles. The van der Waals surface area contributed by atoms with Crippen molar-refractivity contribution in [2.75, 3.05) is 6.61 Å². The molecular weight excluding hydrogens is 588 g/mol. The number of aromatic hydroxyl groups is 2. The Morgan fingerprint density at radius 3 is 2.16 bits per heavy atom. The van der Waals surface area contributed by atoms with Gasteiger partial charge in [-0.3, -0.25) is 9.59 Å². The summed E-state index contributed by atoms with van der Waals surface area (Å²) >= 11 is 0. The van der Waals surface area contributed by atoms with Crippen LogP contribution in [-0.2, 0) is 19.0 Å². The minimum atomic E-state index is -1.85. The molecule has 10 atom stereocenters. The maximum absolute atomic E-state index is 13.2. The Morgan fingerprint density at radius 2 is 1.50 bits per heavy atom. The Bertz CT molecular complexity index is 1570. The number of aliphatic hydroxyl groups is 6. The topological polar surface area (TPSA) is 246 Å². The summed E-state index contributed by atoms with van der Waals surface area (Å²) < 4.78 is 27.6. The average molecular weight is 621 g/mol. The molecule has 2 saturated heterocycles. The molecule has 1 aromatic heterocycles. The van der Waals surface area contributed by atoms with E-state index >= 15 is 0 Å². The van der Waals surface area contributed by atoms with E-state index in [0.29, 0.717) is 5.56 Å². The van der Waals surface area contributed by atoms with Gasteiger partial charge in [0.1, 0.15) is 83.8 Å². The maximum Gasteiger partial charge on any atom is 0.302 e. The smallest absolute Gasteiger partial charge is 0.302 e. The Morgan fingerprint density at radius 1 is 0.841 bits per heavy atom. The molecule has 2 fully saturated rings. The van der Waals surface area contributed by atoms with E-state index in [0.717, 1.165) is 19.1 Å². The van der Waals surface area contributed by atoms with Crippen LogP contribution in [0.5, 0.6) is 17.2 Å². The molecule has 44 heavy (non-hydrogen) atoms. The lowest BCUT2D eigenvalue weighted by Gasteiger charge is -2.40. The fourth-order valence-electron chi connectivity index (χ4n) is 5.21. The summed E-state index contributed by atoms with van der Waals surface area (Å²) in [7, 11) is 0. The Labute approximate surface area is 248 Å². The third kappa shape index (κ3) is 5.83.